The number of aryl methyl sites for hydroxylation is 1. The van der Waals surface area contributed by atoms with Gasteiger partial charge in [0.1, 0.15) is 5.75 Å². The number of anilines is 1. The second-order valence-corrected chi connectivity index (χ2v) is 10.0. The van der Waals surface area contributed by atoms with Gasteiger partial charge in [0.05, 0.1) is 23.2 Å². The molecule has 1 saturated heterocycles. The number of aromatic nitrogens is 1. The number of carbonyl (C=O) groups excluding carboxylic acids is 1. The average molecular weight is 484 g/mol. The first-order valence-electron chi connectivity index (χ1n) is 11.1. The van der Waals surface area contributed by atoms with Crippen LogP contribution in [0.1, 0.15) is 12.1 Å². The van der Waals surface area contributed by atoms with Crippen LogP contribution >= 0.6 is 0 Å². The van der Waals surface area contributed by atoms with Gasteiger partial charge in [-0.3, -0.25) is 9.88 Å². The quantitative estimate of drug-likeness (QED) is 0.454. The van der Waals surface area contributed by atoms with E-state index in [1.54, 1.807) is 18.2 Å². The van der Waals surface area contributed by atoms with Gasteiger partial charge in [0.25, 0.3) is 0 Å². The summed E-state index contributed by atoms with van der Waals surface area (Å²) in [5, 5.41) is 6.67. The minimum Gasteiger partial charge on any atom is -0.497 e. The molecule has 3 aromatic rings. The van der Waals surface area contributed by atoms with Crippen molar-refractivity contribution in [2.45, 2.75) is 24.3 Å². The predicted molar refractivity (Wildman–Crippen MR) is 132 cm³/mol. The van der Waals surface area contributed by atoms with Crippen molar-refractivity contribution in [2.24, 2.45) is 0 Å². The summed E-state index contributed by atoms with van der Waals surface area (Å²) >= 11 is 0. The van der Waals surface area contributed by atoms with E-state index >= 15 is 0 Å². The zero-order valence-corrected chi connectivity index (χ0v) is 20.1. The van der Waals surface area contributed by atoms with E-state index in [1.807, 2.05) is 37.3 Å². The lowest BCUT2D eigenvalue weighted by molar-refractivity contribution is 0.249. The lowest BCUT2D eigenvalue weighted by Gasteiger charge is -2.17. The van der Waals surface area contributed by atoms with E-state index in [0.717, 1.165) is 23.1 Å². The highest BCUT2D eigenvalue weighted by atomic mass is 32.2. The maximum atomic E-state index is 12.7. The third kappa shape index (κ3) is 5.82. The van der Waals surface area contributed by atoms with Crippen LogP contribution in [0.25, 0.3) is 10.9 Å². The molecule has 2 aromatic carbocycles. The molecule has 0 bridgehead atoms. The Labute approximate surface area is 199 Å². The van der Waals surface area contributed by atoms with E-state index in [2.05, 4.69) is 25.2 Å². The van der Waals surface area contributed by atoms with E-state index in [9.17, 15) is 13.2 Å². The Morgan fingerprint density at radius 1 is 1.18 bits per heavy atom. The van der Waals surface area contributed by atoms with Crippen molar-refractivity contribution >= 4 is 32.6 Å². The molecule has 1 aliphatic rings. The second-order valence-electron chi connectivity index (χ2n) is 8.30. The third-order valence-electron chi connectivity index (χ3n) is 5.75. The number of benzene rings is 2. The Balaban J connectivity index is 1.25. The smallest absolute Gasteiger partial charge is 0.319 e. The highest BCUT2D eigenvalue weighted by Crippen LogP contribution is 2.23. The van der Waals surface area contributed by atoms with Gasteiger partial charge in [0, 0.05) is 42.8 Å². The van der Waals surface area contributed by atoms with Crippen LogP contribution in [0.2, 0.25) is 0 Å². The number of para-hydroxylation sites is 1. The highest BCUT2D eigenvalue weighted by Gasteiger charge is 2.27. The SMILES string of the molecule is COc1cccc(S(=O)(=O)NC2CCN(CCNC(=O)Nc3cc(C)nc4ccccc34)C2)c1. The summed E-state index contributed by atoms with van der Waals surface area (Å²) in [5.41, 5.74) is 2.37. The molecule has 1 aliphatic heterocycles. The lowest BCUT2D eigenvalue weighted by Crippen LogP contribution is -2.39. The maximum absolute atomic E-state index is 12.7. The molecular formula is C24H29N5O4S. The molecular weight excluding hydrogens is 454 g/mol. The molecule has 1 aromatic heterocycles. The van der Waals surface area contributed by atoms with Gasteiger partial charge < -0.3 is 15.4 Å². The van der Waals surface area contributed by atoms with Crippen LogP contribution in [0.15, 0.2) is 59.5 Å². The van der Waals surface area contributed by atoms with Crippen molar-refractivity contribution in [3.63, 3.8) is 0 Å². The fourth-order valence-electron chi connectivity index (χ4n) is 4.09. The number of nitrogens with one attached hydrogen (secondary N) is 3. The summed E-state index contributed by atoms with van der Waals surface area (Å²) in [4.78, 5) is 19.2. The molecule has 4 rings (SSSR count). The molecule has 9 nitrogen and oxygen atoms in total. The van der Waals surface area contributed by atoms with E-state index in [-0.39, 0.29) is 17.0 Å². The molecule has 2 heterocycles. The van der Waals surface area contributed by atoms with Gasteiger partial charge in [0.2, 0.25) is 10.0 Å². The van der Waals surface area contributed by atoms with Crippen LogP contribution in [-0.2, 0) is 10.0 Å². The standard InChI is InChI=1S/C24H29N5O4S/c1-17-14-23(21-8-3-4-9-22(21)26-17)27-24(30)25-11-13-29-12-10-18(16-29)28-34(31,32)20-7-5-6-19(15-20)33-2/h3-9,14-15,18,28H,10-13,16H2,1-2H3,(H2,25,26,27,30). The van der Waals surface area contributed by atoms with Gasteiger partial charge in [-0.25, -0.2) is 17.9 Å². The number of likely N-dealkylation sites (tertiary alicyclic amines) is 1. The van der Waals surface area contributed by atoms with E-state index in [4.69, 9.17) is 4.74 Å². The molecule has 34 heavy (non-hydrogen) atoms. The van der Waals surface area contributed by atoms with Gasteiger partial charge in [-0.05, 0) is 44.2 Å². The summed E-state index contributed by atoms with van der Waals surface area (Å²) in [5.74, 6) is 0.496. The summed E-state index contributed by atoms with van der Waals surface area (Å²) < 4.78 is 33.3. The number of hydrogen-bond acceptors (Lipinski definition) is 6. The number of amides is 2. The molecule has 1 fully saturated rings. The van der Waals surface area contributed by atoms with Gasteiger partial charge in [-0.15, -0.1) is 0 Å². The Morgan fingerprint density at radius 3 is 2.82 bits per heavy atom. The topological polar surface area (TPSA) is 113 Å². The van der Waals surface area contributed by atoms with Crippen molar-refractivity contribution < 1.29 is 17.9 Å². The molecule has 180 valence electrons. The molecule has 10 heteroatoms. The summed E-state index contributed by atoms with van der Waals surface area (Å²) in [6.45, 7) is 4.30. The molecule has 0 aliphatic carbocycles. The van der Waals surface area contributed by atoms with Crippen LogP contribution in [0, 0.1) is 6.92 Å². The maximum Gasteiger partial charge on any atom is 0.319 e. The van der Waals surface area contributed by atoms with Gasteiger partial charge >= 0.3 is 6.03 Å². The van der Waals surface area contributed by atoms with Gasteiger partial charge in [-0.1, -0.05) is 24.3 Å². The van der Waals surface area contributed by atoms with Crippen molar-refractivity contribution in [3.8, 4) is 5.75 Å². The van der Waals surface area contributed by atoms with Gasteiger partial charge in [-0.2, -0.15) is 0 Å². The number of rotatable bonds is 8. The fraction of sp³-hybridized carbons (Fsp3) is 0.333. The van der Waals surface area contributed by atoms with Gasteiger partial charge in [0.15, 0.2) is 0 Å². The molecule has 0 spiro atoms. The number of hydrogen-bond donors (Lipinski definition) is 3. The normalized spacial score (nSPS) is 16.5. The van der Waals surface area contributed by atoms with Crippen LogP contribution < -0.4 is 20.1 Å². The van der Waals surface area contributed by atoms with Crippen molar-refractivity contribution in [1.29, 1.82) is 0 Å². The number of ether oxygens (including phenoxy) is 1. The Bertz CT molecular complexity index is 1280. The van der Waals surface area contributed by atoms with Crippen molar-refractivity contribution in [1.82, 2.24) is 19.9 Å². The fourth-order valence-corrected chi connectivity index (χ4v) is 5.39. The summed E-state index contributed by atoms with van der Waals surface area (Å²) in [6.07, 6.45) is 0.706. The largest absolute Gasteiger partial charge is 0.497 e. The number of nitrogens with zero attached hydrogens (tertiary/aromatic N) is 2. The second kappa shape index (κ2) is 10.4. The molecule has 1 atom stereocenters. The first-order valence-corrected chi connectivity index (χ1v) is 12.6. The van der Waals surface area contributed by atoms with Crippen molar-refractivity contribution in [3.05, 3.63) is 60.3 Å². The van der Waals surface area contributed by atoms with E-state index in [1.165, 1.54) is 13.2 Å². The van der Waals surface area contributed by atoms with E-state index < -0.39 is 10.0 Å². The molecule has 0 saturated carbocycles. The van der Waals surface area contributed by atoms with Crippen molar-refractivity contribution in [2.75, 3.05) is 38.6 Å². The molecule has 3 N–H and O–H groups in total. The third-order valence-corrected chi connectivity index (χ3v) is 7.27. The first kappa shape index (κ1) is 23.9. The highest BCUT2D eigenvalue weighted by molar-refractivity contribution is 7.89. The van der Waals surface area contributed by atoms with Crippen LogP contribution in [-0.4, -0.2) is 63.7 Å². The average Bonchev–Trinajstić information content (AvgIpc) is 3.25. The zero-order valence-electron chi connectivity index (χ0n) is 19.2. The summed E-state index contributed by atoms with van der Waals surface area (Å²) in [6, 6.07) is 15.5. The van der Waals surface area contributed by atoms with Crippen LogP contribution in [0.3, 0.4) is 0 Å². The molecule has 2 amide bonds. The minimum absolute atomic E-state index is 0.183. The molecule has 1 unspecified atom stereocenters. The number of carbonyl (C=O) groups is 1. The van der Waals surface area contributed by atoms with Crippen LogP contribution in [0.5, 0.6) is 5.75 Å². The number of methoxy groups -OCH3 is 1. The molecule has 0 radical (unpaired) electrons. The van der Waals surface area contributed by atoms with E-state index in [0.29, 0.717) is 37.5 Å². The monoisotopic (exact) mass is 483 g/mol. The number of urea groups is 1. The number of sulfonamides is 1. The van der Waals surface area contributed by atoms with Crippen LogP contribution in [0.4, 0.5) is 10.5 Å². The minimum atomic E-state index is -3.63. The Hall–Kier alpha value is -3.21. The summed E-state index contributed by atoms with van der Waals surface area (Å²) in [7, 11) is -2.13. The predicted octanol–water partition coefficient (Wildman–Crippen LogP) is 2.73. The Kier molecular flexibility index (Phi) is 7.30. The Morgan fingerprint density at radius 2 is 2.00 bits per heavy atom. The zero-order chi connectivity index (χ0) is 24.1. The first-order chi connectivity index (χ1) is 16.3. The number of fused-ring (bicyclic) bond motifs is 1. The number of pyridine rings is 1. The lowest BCUT2D eigenvalue weighted by atomic mass is 10.1.